The molecule has 0 N–H and O–H groups in total. The van der Waals surface area contributed by atoms with E-state index < -0.39 is 0 Å². The lowest BCUT2D eigenvalue weighted by atomic mass is 10.1. The second-order valence-corrected chi connectivity index (χ2v) is 6.50. The highest BCUT2D eigenvalue weighted by Crippen LogP contribution is 2.21. The van der Waals surface area contributed by atoms with E-state index in [9.17, 15) is 9.59 Å². The van der Waals surface area contributed by atoms with Crippen LogP contribution in [-0.4, -0.2) is 57.6 Å². The van der Waals surface area contributed by atoms with E-state index in [0.717, 1.165) is 0 Å². The Morgan fingerprint density at radius 1 is 0.920 bits per heavy atom. The van der Waals surface area contributed by atoms with Gasteiger partial charge >= 0.3 is 0 Å². The fourth-order valence-electron chi connectivity index (χ4n) is 3.32. The van der Waals surface area contributed by atoms with Gasteiger partial charge in [-0.25, -0.2) is 0 Å². The van der Waals surface area contributed by atoms with Crippen LogP contribution in [0.1, 0.15) is 50.5 Å². The molecule has 8 heteroatoms. The molecular formula is C17H22N4O4. The van der Waals surface area contributed by atoms with Gasteiger partial charge in [-0.15, -0.1) is 0 Å². The molecule has 3 heterocycles. The number of amides is 2. The SMILES string of the molecule is Cc1noc(C)c1C(=O)N1CCN(C(=O)c2c(C)noc2C)C(C)C1. The maximum Gasteiger partial charge on any atom is 0.259 e. The molecule has 1 unspecified atom stereocenters. The Labute approximate surface area is 145 Å². The molecule has 134 valence electrons. The van der Waals surface area contributed by atoms with E-state index in [4.69, 9.17) is 9.05 Å². The molecule has 2 aromatic heterocycles. The number of aryl methyl sites for hydroxylation is 4. The van der Waals surface area contributed by atoms with Crippen molar-refractivity contribution in [1.29, 1.82) is 0 Å². The van der Waals surface area contributed by atoms with Crippen molar-refractivity contribution in [3.8, 4) is 0 Å². The summed E-state index contributed by atoms with van der Waals surface area (Å²) in [5.74, 6) is 0.828. The van der Waals surface area contributed by atoms with Gasteiger partial charge in [0.2, 0.25) is 0 Å². The molecule has 8 nitrogen and oxygen atoms in total. The molecule has 25 heavy (non-hydrogen) atoms. The summed E-state index contributed by atoms with van der Waals surface area (Å²) in [5, 5.41) is 7.69. The van der Waals surface area contributed by atoms with Gasteiger partial charge in [0.25, 0.3) is 11.8 Å². The van der Waals surface area contributed by atoms with E-state index in [1.165, 1.54) is 0 Å². The minimum atomic E-state index is -0.112. The summed E-state index contributed by atoms with van der Waals surface area (Å²) < 4.78 is 10.2. The highest BCUT2D eigenvalue weighted by Gasteiger charge is 2.34. The Bertz CT molecular complexity index is 784. The Balaban J connectivity index is 1.75. The summed E-state index contributed by atoms with van der Waals surface area (Å²) in [6.45, 7) is 10.3. The number of piperazine rings is 1. The van der Waals surface area contributed by atoms with E-state index in [2.05, 4.69) is 10.3 Å². The van der Waals surface area contributed by atoms with E-state index in [1.807, 2.05) is 6.92 Å². The number of rotatable bonds is 2. The first-order valence-electron chi connectivity index (χ1n) is 8.27. The summed E-state index contributed by atoms with van der Waals surface area (Å²) in [4.78, 5) is 29.1. The zero-order valence-electron chi connectivity index (χ0n) is 15.1. The summed E-state index contributed by atoms with van der Waals surface area (Å²) in [7, 11) is 0. The summed E-state index contributed by atoms with van der Waals surface area (Å²) in [6.07, 6.45) is 0. The van der Waals surface area contributed by atoms with Crippen LogP contribution < -0.4 is 0 Å². The Morgan fingerprint density at radius 3 is 1.88 bits per heavy atom. The van der Waals surface area contributed by atoms with Gasteiger partial charge in [0, 0.05) is 25.7 Å². The average molecular weight is 346 g/mol. The van der Waals surface area contributed by atoms with Gasteiger partial charge in [-0.1, -0.05) is 10.3 Å². The minimum Gasteiger partial charge on any atom is -0.361 e. The first-order chi connectivity index (χ1) is 11.8. The van der Waals surface area contributed by atoms with Crippen LogP contribution in [0.4, 0.5) is 0 Å². The van der Waals surface area contributed by atoms with Crippen LogP contribution in [0.5, 0.6) is 0 Å². The van der Waals surface area contributed by atoms with Crippen molar-refractivity contribution in [1.82, 2.24) is 20.1 Å². The lowest BCUT2D eigenvalue weighted by Gasteiger charge is -2.39. The number of carbonyl (C=O) groups is 2. The quantitative estimate of drug-likeness (QED) is 0.824. The molecule has 0 bridgehead atoms. The van der Waals surface area contributed by atoms with Crippen LogP contribution >= 0.6 is 0 Å². The number of nitrogens with zero attached hydrogens (tertiary/aromatic N) is 4. The van der Waals surface area contributed by atoms with Crippen molar-refractivity contribution in [2.24, 2.45) is 0 Å². The van der Waals surface area contributed by atoms with E-state index in [-0.39, 0.29) is 17.9 Å². The average Bonchev–Trinajstić information content (AvgIpc) is 3.08. The van der Waals surface area contributed by atoms with Gasteiger partial charge < -0.3 is 18.8 Å². The Hall–Kier alpha value is -2.64. The molecule has 0 aliphatic carbocycles. The predicted octanol–water partition coefficient (Wildman–Crippen LogP) is 1.88. The van der Waals surface area contributed by atoms with Crippen molar-refractivity contribution in [2.75, 3.05) is 19.6 Å². The smallest absolute Gasteiger partial charge is 0.259 e. The lowest BCUT2D eigenvalue weighted by Crippen LogP contribution is -2.55. The van der Waals surface area contributed by atoms with Gasteiger partial charge in [0.1, 0.15) is 22.6 Å². The van der Waals surface area contributed by atoms with Gasteiger partial charge in [0.05, 0.1) is 11.4 Å². The number of aromatic nitrogens is 2. The third-order valence-corrected chi connectivity index (χ3v) is 4.67. The van der Waals surface area contributed by atoms with E-state index in [1.54, 1.807) is 37.5 Å². The molecule has 1 atom stereocenters. The number of carbonyl (C=O) groups excluding carboxylic acids is 2. The molecule has 2 amide bonds. The van der Waals surface area contributed by atoms with E-state index in [0.29, 0.717) is 53.7 Å². The van der Waals surface area contributed by atoms with Crippen LogP contribution in [0.15, 0.2) is 9.05 Å². The molecule has 1 fully saturated rings. The lowest BCUT2D eigenvalue weighted by molar-refractivity contribution is 0.0411. The summed E-state index contributed by atoms with van der Waals surface area (Å²) in [5.41, 5.74) is 2.20. The highest BCUT2D eigenvalue weighted by molar-refractivity contribution is 5.98. The number of hydrogen-bond donors (Lipinski definition) is 0. The monoisotopic (exact) mass is 346 g/mol. The molecule has 1 aliphatic rings. The van der Waals surface area contributed by atoms with Crippen LogP contribution in [-0.2, 0) is 0 Å². The Morgan fingerprint density at radius 2 is 1.44 bits per heavy atom. The second kappa shape index (κ2) is 6.34. The topological polar surface area (TPSA) is 92.7 Å². The maximum atomic E-state index is 12.8. The maximum absolute atomic E-state index is 12.8. The molecule has 0 saturated carbocycles. The van der Waals surface area contributed by atoms with Crippen LogP contribution in [0.25, 0.3) is 0 Å². The highest BCUT2D eigenvalue weighted by atomic mass is 16.5. The molecular weight excluding hydrogens is 324 g/mol. The number of hydrogen-bond acceptors (Lipinski definition) is 6. The molecule has 2 aromatic rings. The van der Waals surface area contributed by atoms with Crippen LogP contribution in [0.2, 0.25) is 0 Å². The molecule has 3 rings (SSSR count). The third-order valence-electron chi connectivity index (χ3n) is 4.67. The van der Waals surface area contributed by atoms with Crippen molar-refractivity contribution in [3.05, 3.63) is 34.0 Å². The first kappa shape index (κ1) is 17.2. The molecule has 1 saturated heterocycles. The molecule has 0 aromatic carbocycles. The zero-order chi connectivity index (χ0) is 18.3. The van der Waals surface area contributed by atoms with Crippen LogP contribution in [0, 0.1) is 27.7 Å². The zero-order valence-corrected chi connectivity index (χ0v) is 15.1. The van der Waals surface area contributed by atoms with Crippen molar-refractivity contribution < 1.29 is 18.6 Å². The normalized spacial score (nSPS) is 17.9. The Kier molecular flexibility index (Phi) is 4.36. The standard InChI is InChI=1S/C17H22N4O4/c1-9-8-20(16(22)14-10(2)18-24-12(14)4)6-7-21(9)17(23)15-11(3)19-25-13(15)5/h9H,6-8H2,1-5H3. The van der Waals surface area contributed by atoms with Gasteiger partial charge in [-0.3, -0.25) is 9.59 Å². The van der Waals surface area contributed by atoms with Gasteiger partial charge in [-0.2, -0.15) is 0 Å². The van der Waals surface area contributed by atoms with E-state index >= 15 is 0 Å². The van der Waals surface area contributed by atoms with Crippen LogP contribution in [0.3, 0.4) is 0 Å². The van der Waals surface area contributed by atoms with Crippen molar-refractivity contribution >= 4 is 11.8 Å². The summed E-state index contributed by atoms with van der Waals surface area (Å²) >= 11 is 0. The summed E-state index contributed by atoms with van der Waals surface area (Å²) in [6, 6.07) is -0.112. The largest absolute Gasteiger partial charge is 0.361 e. The molecule has 1 aliphatic heterocycles. The second-order valence-electron chi connectivity index (χ2n) is 6.50. The fourth-order valence-corrected chi connectivity index (χ4v) is 3.32. The fraction of sp³-hybridized carbons (Fsp3) is 0.529. The molecule has 0 spiro atoms. The first-order valence-corrected chi connectivity index (χ1v) is 8.27. The van der Waals surface area contributed by atoms with Gasteiger partial charge in [0.15, 0.2) is 0 Å². The third kappa shape index (κ3) is 2.92. The predicted molar refractivity (Wildman–Crippen MR) is 88.4 cm³/mol. The minimum absolute atomic E-state index is 0.104. The van der Waals surface area contributed by atoms with Crippen molar-refractivity contribution in [3.63, 3.8) is 0 Å². The van der Waals surface area contributed by atoms with Gasteiger partial charge in [-0.05, 0) is 34.6 Å². The van der Waals surface area contributed by atoms with Crippen molar-refractivity contribution in [2.45, 2.75) is 40.7 Å². The molecule has 0 radical (unpaired) electrons.